The van der Waals surface area contributed by atoms with E-state index in [4.69, 9.17) is 4.74 Å². The first kappa shape index (κ1) is 12.6. The van der Waals surface area contributed by atoms with Gasteiger partial charge in [0.15, 0.2) is 5.69 Å². The fourth-order valence-electron chi connectivity index (χ4n) is 1.31. The topological polar surface area (TPSA) is 120 Å². The van der Waals surface area contributed by atoms with Crippen LogP contribution in [-0.4, -0.2) is 24.0 Å². The van der Waals surface area contributed by atoms with Crippen molar-refractivity contribution in [3.8, 4) is 5.75 Å². The zero-order chi connectivity index (χ0) is 14.0. The molecule has 100 valence electrons. The number of ether oxygens (including phenoxy) is 1. The number of methoxy groups -OCH3 is 1. The van der Waals surface area contributed by atoms with E-state index in [2.05, 4.69) is 9.68 Å². The Bertz CT molecular complexity index is 559. The highest BCUT2D eigenvalue weighted by molar-refractivity contribution is 6.30. The highest BCUT2D eigenvalue weighted by Gasteiger charge is 2.33. The van der Waals surface area contributed by atoms with Crippen molar-refractivity contribution in [1.82, 2.24) is 5.59 Å². The fraction of sp³-hybridized carbons (Fsp3) is 0.111. The van der Waals surface area contributed by atoms with Crippen molar-refractivity contribution in [2.24, 2.45) is 0 Å². The smallest absolute Gasteiger partial charge is 0.444 e. The van der Waals surface area contributed by atoms with E-state index in [1.54, 1.807) is 0 Å². The second-order valence-corrected chi connectivity index (χ2v) is 3.27. The maximum absolute atomic E-state index is 11.0. The van der Waals surface area contributed by atoms with E-state index in [1.165, 1.54) is 19.2 Å². The zero-order valence-electron chi connectivity index (χ0n) is 9.48. The van der Waals surface area contributed by atoms with Crippen molar-refractivity contribution in [2.75, 3.05) is 12.3 Å². The number of rotatable bonds is 3. The molecule has 0 spiro atoms. The summed E-state index contributed by atoms with van der Waals surface area (Å²) >= 11 is 0. The van der Waals surface area contributed by atoms with Crippen LogP contribution < -0.4 is 15.5 Å². The highest BCUT2D eigenvalue weighted by Crippen LogP contribution is 2.31. The van der Waals surface area contributed by atoms with E-state index in [1.807, 2.05) is 5.59 Å². The van der Waals surface area contributed by atoms with Gasteiger partial charge in [0.05, 0.1) is 18.1 Å². The molecule has 19 heavy (non-hydrogen) atoms. The summed E-state index contributed by atoms with van der Waals surface area (Å²) in [7, 11) is 1.35. The average Bonchev–Trinajstić information content (AvgIpc) is 2.41. The predicted octanol–water partition coefficient (Wildman–Crippen LogP) is -0.156. The minimum Gasteiger partial charge on any atom is -0.496 e. The molecule has 1 heterocycles. The lowest BCUT2D eigenvalue weighted by atomic mass is 10.2. The molecule has 0 aliphatic carbocycles. The Balaban J connectivity index is 2.36. The van der Waals surface area contributed by atoms with Crippen molar-refractivity contribution >= 4 is 23.3 Å². The summed E-state index contributed by atoms with van der Waals surface area (Å²) in [5, 5.41) is 11.5. The molecule has 2 rings (SSSR count). The van der Waals surface area contributed by atoms with Crippen molar-refractivity contribution in [2.45, 2.75) is 0 Å². The van der Waals surface area contributed by atoms with Gasteiger partial charge in [0.2, 0.25) is 0 Å². The SMILES string of the molecule is COc1ccc(N2NOC(=O)C(=O)O2)c([N+](=O)[O-])c1. The van der Waals surface area contributed by atoms with Crippen LogP contribution in [-0.2, 0) is 19.3 Å². The van der Waals surface area contributed by atoms with Crippen molar-refractivity contribution in [1.29, 1.82) is 0 Å². The molecule has 10 heteroatoms. The summed E-state index contributed by atoms with van der Waals surface area (Å²) in [6.07, 6.45) is 0. The van der Waals surface area contributed by atoms with Crippen LogP contribution in [0.25, 0.3) is 0 Å². The van der Waals surface area contributed by atoms with Crippen molar-refractivity contribution in [3.63, 3.8) is 0 Å². The van der Waals surface area contributed by atoms with E-state index < -0.39 is 22.5 Å². The Morgan fingerprint density at radius 1 is 1.37 bits per heavy atom. The summed E-state index contributed by atoms with van der Waals surface area (Å²) in [6, 6.07) is 3.80. The number of hydrazine groups is 1. The number of hydrogen-bond acceptors (Lipinski definition) is 9. The standard InChI is InChI=1S/C9H7N3O7/c1-17-5-2-3-6(7(4-5)12(15)16)11-10-18-8(13)9(14)19-11/h2-4,10H,1H3. The van der Waals surface area contributed by atoms with Crippen LogP contribution in [0.3, 0.4) is 0 Å². The van der Waals surface area contributed by atoms with Gasteiger partial charge in [-0.05, 0) is 17.7 Å². The molecule has 1 aliphatic rings. The average molecular weight is 269 g/mol. The maximum atomic E-state index is 11.0. The van der Waals surface area contributed by atoms with Gasteiger partial charge < -0.3 is 14.4 Å². The molecule has 0 saturated carbocycles. The third kappa shape index (κ3) is 2.37. The lowest BCUT2D eigenvalue weighted by Gasteiger charge is -2.24. The number of benzene rings is 1. The van der Waals surface area contributed by atoms with Crippen molar-refractivity contribution in [3.05, 3.63) is 28.3 Å². The highest BCUT2D eigenvalue weighted by atomic mass is 16.9. The number of carbonyl (C=O) groups is 2. The second-order valence-electron chi connectivity index (χ2n) is 3.27. The van der Waals surface area contributed by atoms with E-state index in [9.17, 15) is 19.7 Å². The number of anilines is 1. The van der Waals surface area contributed by atoms with Gasteiger partial charge in [0, 0.05) is 0 Å². The molecular weight excluding hydrogens is 262 g/mol. The van der Waals surface area contributed by atoms with Crippen LogP contribution in [0.15, 0.2) is 18.2 Å². The predicted molar refractivity (Wildman–Crippen MR) is 57.4 cm³/mol. The lowest BCUT2D eigenvalue weighted by Crippen LogP contribution is -2.49. The van der Waals surface area contributed by atoms with Gasteiger partial charge in [-0.15, -0.1) is 0 Å². The largest absolute Gasteiger partial charge is 0.496 e. The molecule has 0 unspecified atom stereocenters. The lowest BCUT2D eigenvalue weighted by molar-refractivity contribution is -0.384. The van der Waals surface area contributed by atoms with Crippen LogP contribution in [0.1, 0.15) is 0 Å². The number of nitrogens with zero attached hydrogens (tertiary/aromatic N) is 2. The van der Waals surface area contributed by atoms with E-state index in [0.717, 1.165) is 6.07 Å². The van der Waals surface area contributed by atoms with Gasteiger partial charge in [0.25, 0.3) is 0 Å². The number of hydrogen-bond donors (Lipinski definition) is 1. The Morgan fingerprint density at radius 3 is 2.68 bits per heavy atom. The Hall–Kier alpha value is -2.88. The van der Waals surface area contributed by atoms with Gasteiger partial charge in [-0.2, -0.15) is 0 Å². The normalized spacial score (nSPS) is 14.7. The molecule has 1 fully saturated rings. The maximum Gasteiger partial charge on any atom is 0.444 e. The van der Waals surface area contributed by atoms with E-state index >= 15 is 0 Å². The van der Waals surface area contributed by atoms with Crippen LogP contribution in [0.5, 0.6) is 5.75 Å². The summed E-state index contributed by atoms with van der Waals surface area (Å²) in [6.45, 7) is 0. The summed E-state index contributed by atoms with van der Waals surface area (Å²) in [4.78, 5) is 40.8. The van der Waals surface area contributed by atoms with Crippen molar-refractivity contribution < 1.29 is 28.9 Å². The van der Waals surface area contributed by atoms with E-state index in [0.29, 0.717) is 5.17 Å². The van der Waals surface area contributed by atoms with Gasteiger partial charge in [-0.3, -0.25) is 10.1 Å². The van der Waals surface area contributed by atoms with Gasteiger partial charge in [-0.1, -0.05) is 5.17 Å². The third-order valence-electron chi connectivity index (χ3n) is 2.16. The first-order valence-corrected chi connectivity index (χ1v) is 4.84. The molecule has 0 atom stereocenters. The summed E-state index contributed by atoms with van der Waals surface area (Å²) < 4.78 is 4.85. The molecule has 0 aromatic heterocycles. The van der Waals surface area contributed by atoms with Crippen LogP contribution in [0.4, 0.5) is 11.4 Å². The molecule has 0 amide bonds. The van der Waals surface area contributed by atoms with Crippen LogP contribution >= 0.6 is 0 Å². The van der Waals surface area contributed by atoms with E-state index in [-0.39, 0.29) is 11.4 Å². The zero-order valence-corrected chi connectivity index (χ0v) is 9.48. The van der Waals surface area contributed by atoms with Gasteiger partial charge in [-0.25, -0.2) is 9.59 Å². The molecule has 1 aromatic rings. The number of nitro groups is 1. The molecule has 0 bridgehead atoms. The molecule has 1 N–H and O–H groups in total. The fourth-order valence-corrected chi connectivity index (χ4v) is 1.31. The first-order chi connectivity index (χ1) is 9.02. The first-order valence-electron chi connectivity index (χ1n) is 4.84. The quantitative estimate of drug-likeness (QED) is 0.453. The Morgan fingerprint density at radius 2 is 2.11 bits per heavy atom. The summed E-state index contributed by atoms with van der Waals surface area (Å²) in [5.41, 5.74) is 1.41. The second kappa shape index (κ2) is 4.78. The molecule has 0 radical (unpaired) electrons. The monoisotopic (exact) mass is 269 g/mol. The van der Waals surface area contributed by atoms with Gasteiger partial charge in [0.1, 0.15) is 5.75 Å². The van der Waals surface area contributed by atoms with Crippen LogP contribution in [0.2, 0.25) is 0 Å². The number of nitrogens with one attached hydrogen (secondary N) is 1. The Labute approximate surface area is 105 Å². The number of carbonyl (C=O) groups excluding carboxylic acids is 2. The molecule has 1 aliphatic heterocycles. The third-order valence-corrected chi connectivity index (χ3v) is 2.16. The van der Waals surface area contributed by atoms with Gasteiger partial charge >= 0.3 is 17.6 Å². The molecular formula is C9H7N3O7. The minimum absolute atomic E-state index is 0.133. The van der Waals surface area contributed by atoms with Crippen LogP contribution in [0, 0.1) is 10.1 Å². The molecule has 10 nitrogen and oxygen atoms in total. The Kier molecular flexibility index (Phi) is 3.16. The summed E-state index contributed by atoms with van der Waals surface area (Å²) in [5.74, 6) is -2.31. The molecule has 1 saturated heterocycles. The minimum atomic E-state index is -1.30. The number of nitro benzene ring substituents is 1. The molecule has 1 aromatic carbocycles.